The van der Waals surface area contributed by atoms with Gasteiger partial charge >= 0.3 is 5.97 Å². The SMILES string of the molecule is COC(=O)CC(NC(=O)c1ccc2n[nH]nc2c1)c1cccs1. The van der Waals surface area contributed by atoms with Gasteiger partial charge in [0.05, 0.1) is 19.6 Å². The number of fused-ring (bicyclic) bond motifs is 1. The number of rotatable bonds is 5. The molecule has 1 atom stereocenters. The summed E-state index contributed by atoms with van der Waals surface area (Å²) in [6, 6.07) is 8.36. The van der Waals surface area contributed by atoms with E-state index >= 15 is 0 Å². The molecule has 1 unspecified atom stereocenters. The van der Waals surface area contributed by atoms with Crippen molar-refractivity contribution in [1.29, 1.82) is 0 Å². The predicted octanol–water partition coefficient (Wildman–Crippen LogP) is 2.05. The van der Waals surface area contributed by atoms with Crippen LogP contribution in [0.1, 0.15) is 27.7 Å². The number of thiophene rings is 1. The van der Waals surface area contributed by atoms with E-state index in [0.29, 0.717) is 16.6 Å². The molecule has 1 aromatic carbocycles. The molecule has 1 amide bonds. The summed E-state index contributed by atoms with van der Waals surface area (Å²) in [5, 5.41) is 15.2. The molecule has 3 aromatic rings. The fraction of sp³-hybridized carbons (Fsp3) is 0.200. The lowest BCUT2D eigenvalue weighted by Crippen LogP contribution is -2.30. The van der Waals surface area contributed by atoms with E-state index in [1.54, 1.807) is 18.2 Å². The number of H-pyrrole nitrogens is 1. The molecule has 3 rings (SSSR count). The molecule has 2 aromatic heterocycles. The Bertz CT molecular complexity index is 828. The number of esters is 1. The Morgan fingerprint density at radius 3 is 2.87 bits per heavy atom. The summed E-state index contributed by atoms with van der Waals surface area (Å²) in [4.78, 5) is 24.9. The maximum Gasteiger partial charge on any atom is 0.307 e. The van der Waals surface area contributed by atoms with Gasteiger partial charge in [0, 0.05) is 10.4 Å². The summed E-state index contributed by atoms with van der Waals surface area (Å²) < 4.78 is 4.71. The summed E-state index contributed by atoms with van der Waals surface area (Å²) in [7, 11) is 1.33. The second kappa shape index (κ2) is 6.57. The lowest BCUT2D eigenvalue weighted by atomic mass is 10.1. The molecule has 2 N–H and O–H groups in total. The van der Waals surface area contributed by atoms with Crippen LogP contribution in [0.15, 0.2) is 35.7 Å². The fourth-order valence-electron chi connectivity index (χ4n) is 2.19. The van der Waals surface area contributed by atoms with Gasteiger partial charge in [-0.1, -0.05) is 6.07 Å². The van der Waals surface area contributed by atoms with Crippen molar-refractivity contribution in [3.8, 4) is 0 Å². The van der Waals surface area contributed by atoms with Crippen LogP contribution in [0.2, 0.25) is 0 Å². The van der Waals surface area contributed by atoms with Gasteiger partial charge in [-0.2, -0.15) is 15.4 Å². The third-order valence-electron chi connectivity index (χ3n) is 3.37. The molecular formula is C15H14N4O3S. The molecule has 0 aliphatic carbocycles. The summed E-state index contributed by atoms with van der Waals surface area (Å²) in [6.07, 6.45) is 0.0783. The number of aromatic nitrogens is 3. The number of methoxy groups -OCH3 is 1. The monoisotopic (exact) mass is 330 g/mol. The van der Waals surface area contributed by atoms with E-state index in [4.69, 9.17) is 4.74 Å². The van der Waals surface area contributed by atoms with Gasteiger partial charge < -0.3 is 10.1 Å². The molecule has 118 valence electrons. The van der Waals surface area contributed by atoms with Crippen LogP contribution in [0.3, 0.4) is 0 Å². The molecule has 0 aliphatic rings. The van der Waals surface area contributed by atoms with Crippen molar-refractivity contribution >= 4 is 34.2 Å². The maximum atomic E-state index is 12.5. The third-order valence-corrected chi connectivity index (χ3v) is 4.35. The van der Waals surface area contributed by atoms with Crippen molar-refractivity contribution in [3.63, 3.8) is 0 Å². The predicted molar refractivity (Wildman–Crippen MR) is 85.0 cm³/mol. The average Bonchev–Trinajstić information content (AvgIpc) is 3.24. The molecule has 0 saturated carbocycles. The highest BCUT2D eigenvalue weighted by Crippen LogP contribution is 2.23. The van der Waals surface area contributed by atoms with Gasteiger partial charge in [0.1, 0.15) is 11.0 Å². The zero-order valence-electron chi connectivity index (χ0n) is 12.3. The van der Waals surface area contributed by atoms with Gasteiger partial charge in [0.2, 0.25) is 0 Å². The first-order valence-electron chi connectivity index (χ1n) is 6.89. The molecule has 0 radical (unpaired) electrons. The summed E-state index contributed by atoms with van der Waals surface area (Å²) in [5.41, 5.74) is 1.75. The number of ether oxygens (including phenoxy) is 1. The van der Waals surface area contributed by atoms with Gasteiger partial charge in [0.25, 0.3) is 5.91 Å². The minimum Gasteiger partial charge on any atom is -0.469 e. The van der Waals surface area contributed by atoms with Crippen LogP contribution in [0, 0.1) is 0 Å². The first kappa shape index (κ1) is 15.2. The van der Waals surface area contributed by atoms with E-state index in [1.165, 1.54) is 18.4 Å². The number of benzene rings is 1. The van der Waals surface area contributed by atoms with E-state index in [2.05, 4.69) is 20.7 Å². The van der Waals surface area contributed by atoms with Gasteiger partial charge in [-0.3, -0.25) is 9.59 Å². The standard InChI is InChI=1S/C15H14N4O3S/c1-22-14(20)8-12(13-3-2-6-23-13)16-15(21)9-4-5-10-11(7-9)18-19-17-10/h2-7,12H,8H2,1H3,(H,16,21)(H,17,18,19). The normalized spacial score (nSPS) is 12.0. The number of hydrogen-bond acceptors (Lipinski definition) is 6. The summed E-state index contributed by atoms with van der Waals surface area (Å²) in [5.74, 6) is -0.659. The van der Waals surface area contributed by atoms with Crippen molar-refractivity contribution in [2.45, 2.75) is 12.5 Å². The van der Waals surface area contributed by atoms with Crippen LogP contribution in [-0.2, 0) is 9.53 Å². The number of carbonyl (C=O) groups excluding carboxylic acids is 2. The first-order chi connectivity index (χ1) is 11.2. The van der Waals surface area contributed by atoms with E-state index < -0.39 is 6.04 Å². The zero-order chi connectivity index (χ0) is 16.2. The number of nitrogens with zero attached hydrogens (tertiary/aromatic N) is 2. The highest BCUT2D eigenvalue weighted by Gasteiger charge is 2.20. The van der Waals surface area contributed by atoms with Crippen LogP contribution in [-0.4, -0.2) is 34.4 Å². The molecular weight excluding hydrogens is 316 g/mol. The topological polar surface area (TPSA) is 97.0 Å². The van der Waals surface area contributed by atoms with Crippen LogP contribution in [0.4, 0.5) is 0 Å². The highest BCUT2D eigenvalue weighted by atomic mass is 32.1. The number of carbonyl (C=O) groups is 2. The number of hydrogen-bond donors (Lipinski definition) is 2. The van der Waals surface area contributed by atoms with E-state index in [9.17, 15) is 9.59 Å². The summed E-state index contributed by atoms with van der Waals surface area (Å²) in [6.45, 7) is 0. The van der Waals surface area contributed by atoms with Gasteiger partial charge in [-0.15, -0.1) is 11.3 Å². The smallest absolute Gasteiger partial charge is 0.307 e. The Morgan fingerprint density at radius 2 is 2.13 bits per heavy atom. The van der Waals surface area contributed by atoms with Crippen molar-refractivity contribution < 1.29 is 14.3 Å². The van der Waals surface area contributed by atoms with Crippen molar-refractivity contribution in [2.24, 2.45) is 0 Å². The highest BCUT2D eigenvalue weighted by molar-refractivity contribution is 7.10. The van der Waals surface area contributed by atoms with E-state index in [1.807, 2.05) is 17.5 Å². The van der Waals surface area contributed by atoms with Gasteiger partial charge in [-0.05, 0) is 29.6 Å². The second-order valence-corrected chi connectivity index (χ2v) is 5.83. The Balaban J connectivity index is 1.80. The van der Waals surface area contributed by atoms with Crippen LogP contribution in [0.25, 0.3) is 11.0 Å². The van der Waals surface area contributed by atoms with Gasteiger partial charge in [-0.25, -0.2) is 0 Å². The summed E-state index contributed by atoms with van der Waals surface area (Å²) >= 11 is 1.47. The Labute approximate surface area is 135 Å². The number of nitrogens with one attached hydrogen (secondary N) is 2. The lowest BCUT2D eigenvalue weighted by molar-refractivity contribution is -0.141. The Hall–Kier alpha value is -2.74. The largest absolute Gasteiger partial charge is 0.469 e. The minimum atomic E-state index is -0.428. The Kier molecular flexibility index (Phi) is 4.33. The van der Waals surface area contributed by atoms with E-state index in [-0.39, 0.29) is 18.3 Å². The van der Waals surface area contributed by atoms with Crippen LogP contribution in [0.5, 0.6) is 0 Å². The Morgan fingerprint density at radius 1 is 1.30 bits per heavy atom. The quantitative estimate of drug-likeness (QED) is 0.698. The van der Waals surface area contributed by atoms with E-state index in [0.717, 1.165) is 4.88 Å². The second-order valence-electron chi connectivity index (χ2n) is 4.85. The number of amides is 1. The molecule has 0 fully saturated rings. The van der Waals surface area contributed by atoms with Gasteiger partial charge in [0.15, 0.2) is 0 Å². The minimum absolute atomic E-state index is 0.0783. The third kappa shape index (κ3) is 3.37. The molecule has 23 heavy (non-hydrogen) atoms. The number of aromatic amines is 1. The van der Waals surface area contributed by atoms with Crippen molar-refractivity contribution in [2.75, 3.05) is 7.11 Å². The molecule has 0 aliphatic heterocycles. The van der Waals surface area contributed by atoms with Crippen molar-refractivity contribution in [3.05, 3.63) is 46.2 Å². The van der Waals surface area contributed by atoms with Crippen LogP contribution >= 0.6 is 11.3 Å². The van der Waals surface area contributed by atoms with Crippen LogP contribution < -0.4 is 5.32 Å². The van der Waals surface area contributed by atoms with Crippen molar-refractivity contribution in [1.82, 2.24) is 20.7 Å². The fourth-order valence-corrected chi connectivity index (χ4v) is 2.96. The maximum absolute atomic E-state index is 12.5. The molecule has 0 saturated heterocycles. The molecule has 7 nitrogen and oxygen atoms in total. The first-order valence-corrected chi connectivity index (χ1v) is 7.77. The zero-order valence-corrected chi connectivity index (χ0v) is 13.1. The molecule has 0 spiro atoms. The molecule has 8 heteroatoms. The lowest BCUT2D eigenvalue weighted by Gasteiger charge is -2.16. The average molecular weight is 330 g/mol. The molecule has 0 bridgehead atoms. The molecule has 2 heterocycles.